The first kappa shape index (κ1) is 26.8. The molecule has 0 bridgehead atoms. The van der Waals surface area contributed by atoms with Crippen LogP contribution in [0.25, 0.3) is 22.2 Å². The van der Waals surface area contributed by atoms with Gasteiger partial charge in [0.25, 0.3) is 0 Å². The number of amides is 1. The number of alkyl halides is 2. The van der Waals surface area contributed by atoms with Crippen LogP contribution in [0.1, 0.15) is 24.4 Å². The summed E-state index contributed by atoms with van der Waals surface area (Å²) in [5.41, 5.74) is 5.70. The maximum atomic E-state index is 15.6. The molecule has 4 N–H and O–H groups in total. The maximum Gasteiger partial charge on any atom is 0.364 e. The number of rotatable bonds is 7. The number of benzene rings is 1. The summed E-state index contributed by atoms with van der Waals surface area (Å²) < 4.78 is 54.9. The number of hydrogen-bond donors (Lipinski definition) is 3. The fourth-order valence-electron chi connectivity index (χ4n) is 4.65. The van der Waals surface area contributed by atoms with Crippen LogP contribution in [-0.4, -0.2) is 80.8 Å². The molecule has 1 aliphatic heterocycles. The number of fused-ring (bicyclic) bond motifs is 1. The Balaban J connectivity index is 1.22. The minimum atomic E-state index is -4.12. The number of anilines is 1. The molecular formula is C26H28F3N10O2+. The van der Waals surface area contributed by atoms with E-state index in [1.54, 1.807) is 23.1 Å². The molecule has 0 radical (unpaired) electrons. The lowest BCUT2D eigenvalue weighted by Crippen LogP contribution is -2.55. The molecule has 1 saturated carbocycles. The zero-order valence-corrected chi connectivity index (χ0v) is 21.9. The van der Waals surface area contributed by atoms with Gasteiger partial charge in [0, 0.05) is 61.7 Å². The lowest BCUT2D eigenvalue weighted by atomic mass is 10.0. The zero-order valence-electron chi connectivity index (χ0n) is 21.9. The molecule has 1 saturated heterocycles. The molecule has 2 aliphatic rings. The number of morpholine rings is 1. The van der Waals surface area contributed by atoms with E-state index in [2.05, 4.69) is 25.5 Å². The molecule has 214 valence electrons. The lowest BCUT2D eigenvalue weighted by Gasteiger charge is -2.26. The van der Waals surface area contributed by atoms with Gasteiger partial charge in [-0.15, -0.1) is 9.78 Å². The van der Waals surface area contributed by atoms with Crippen molar-refractivity contribution < 1.29 is 27.4 Å². The van der Waals surface area contributed by atoms with E-state index >= 15 is 13.2 Å². The largest absolute Gasteiger partial charge is 0.379 e. The van der Waals surface area contributed by atoms with Crippen LogP contribution in [0.2, 0.25) is 0 Å². The van der Waals surface area contributed by atoms with E-state index in [4.69, 9.17) is 15.9 Å². The fourth-order valence-corrected chi connectivity index (χ4v) is 4.65. The summed E-state index contributed by atoms with van der Waals surface area (Å²) in [4.78, 5) is 14.7. The number of aromatic nitrogens is 6. The Bertz CT molecular complexity index is 1620. The van der Waals surface area contributed by atoms with Gasteiger partial charge >= 0.3 is 17.8 Å². The van der Waals surface area contributed by atoms with Gasteiger partial charge in [0.2, 0.25) is 5.82 Å². The Kier molecular flexibility index (Phi) is 6.91. The number of nitrogens with zero attached hydrogens (tertiary/aromatic N) is 7. The Labute approximate surface area is 232 Å². The van der Waals surface area contributed by atoms with Crippen LogP contribution in [0.4, 0.5) is 23.8 Å². The molecule has 1 aliphatic carbocycles. The van der Waals surface area contributed by atoms with Gasteiger partial charge in [0.1, 0.15) is 11.5 Å². The summed E-state index contributed by atoms with van der Waals surface area (Å²) in [6, 6.07) is 4.32. The Morgan fingerprint density at radius 3 is 2.76 bits per heavy atom. The molecule has 4 heterocycles. The monoisotopic (exact) mass is 569 g/mol. The molecule has 0 unspecified atom stereocenters. The number of hydrogen-bond acceptors (Lipinski definition) is 8. The number of nitrogens with two attached hydrogens (primary N) is 1. The first-order chi connectivity index (χ1) is 19.7. The van der Waals surface area contributed by atoms with E-state index in [0.29, 0.717) is 42.6 Å². The van der Waals surface area contributed by atoms with Crippen LogP contribution in [-0.2, 0) is 10.7 Å². The standard InChI is InChI=1S/C26H27F3N10O2/c27-20-12-22-16(14-38(34-22)25(40)32-5-6-36-7-9-41-10-8-36)11-19(20)26(28,29)24(31)39-23(30)4-3-21(35-39)17-13-33-37(15-17)18-1-2-18/h3-4,11-15,18,30-31H,1-2,5-10H2,(H,32,40)/p+1. The normalized spacial score (nSPS) is 16.3. The molecule has 41 heavy (non-hydrogen) atoms. The molecule has 3 aromatic heterocycles. The van der Waals surface area contributed by atoms with Gasteiger partial charge in [-0.2, -0.15) is 29.1 Å². The van der Waals surface area contributed by atoms with Crippen LogP contribution >= 0.6 is 0 Å². The van der Waals surface area contributed by atoms with E-state index in [1.807, 2.05) is 0 Å². The molecule has 4 aromatic rings. The van der Waals surface area contributed by atoms with Crippen molar-refractivity contribution in [3.63, 3.8) is 0 Å². The molecule has 2 fully saturated rings. The Hall–Kier alpha value is -4.37. The van der Waals surface area contributed by atoms with Gasteiger partial charge in [0.05, 0.1) is 36.5 Å². The molecule has 1 amide bonds. The van der Waals surface area contributed by atoms with E-state index in [-0.39, 0.29) is 22.4 Å². The minimum Gasteiger partial charge on any atom is -0.379 e. The van der Waals surface area contributed by atoms with Gasteiger partial charge < -0.3 is 15.8 Å². The smallest absolute Gasteiger partial charge is 0.364 e. The molecule has 15 heteroatoms. The molecule has 12 nitrogen and oxygen atoms in total. The fraction of sp³-hybridized carbons (Fsp3) is 0.385. The average molecular weight is 570 g/mol. The van der Waals surface area contributed by atoms with Crippen molar-refractivity contribution >= 4 is 28.6 Å². The molecular weight excluding hydrogens is 541 g/mol. The van der Waals surface area contributed by atoms with Crippen molar-refractivity contribution in [2.45, 2.75) is 24.8 Å². The summed E-state index contributed by atoms with van der Waals surface area (Å²) in [5.74, 6) is -6.97. The average Bonchev–Trinajstić information content (AvgIpc) is 3.54. The highest BCUT2D eigenvalue weighted by molar-refractivity contribution is 5.87. The van der Waals surface area contributed by atoms with E-state index in [1.165, 1.54) is 12.3 Å². The van der Waals surface area contributed by atoms with Crippen molar-refractivity contribution in [1.29, 1.82) is 5.41 Å². The first-order valence-corrected chi connectivity index (χ1v) is 13.2. The van der Waals surface area contributed by atoms with Crippen molar-refractivity contribution in [1.82, 2.24) is 34.9 Å². The highest BCUT2D eigenvalue weighted by Crippen LogP contribution is 2.35. The predicted octanol–water partition coefficient (Wildman–Crippen LogP) is 2.15. The predicted molar refractivity (Wildman–Crippen MR) is 141 cm³/mol. The number of nitrogens with one attached hydrogen (secondary N) is 2. The SMILES string of the molecule is N=C([n+]1nc(-c2cnn(C3CC3)c2)ccc1N)C(F)(F)c1cc2cn(C(=O)NCCN3CCOCC3)nc2cc1F. The minimum absolute atomic E-state index is 0.0110. The van der Waals surface area contributed by atoms with Gasteiger partial charge in [-0.25, -0.2) is 9.18 Å². The second-order valence-corrected chi connectivity index (χ2v) is 10.1. The van der Waals surface area contributed by atoms with Gasteiger partial charge in [-0.1, -0.05) is 0 Å². The highest BCUT2D eigenvalue weighted by atomic mass is 19.3. The van der Waals surface area contributed by atoms with Crippen molar-refractivity contribution in [3.05, 3.63) is 54.2 Å². The highest BCUT2D eigenvalue weighted by Gasteiger charge is 2.47. The second kappa shape index (κ2) is 10.6. The van der Waals surface area contributed by atoms with Crippen LogP contribution in [0.3, 0.4) is 0 Å². The Morgan fingerprint density at radius 1 is 1.22 bits per heavy atom. The zero-order chi connectivity index (χ0) is 28.7. The van der Waals surface area contributed by atoms with Gasteiger partial charge in [-0.3, -0.25) is 9.58 Å². The number of carbonyl (C=O) groups is 1. The summed E-state index contributed by atoms with van der Waals surface area (Å²) >= 11 is 0. The number of nitrogen functional groups attached to an aromatic ring is 1. The lowest BCUT2D eigenvalue weighted by molar-refractivity contribution is -0.616. The molecule has 0 spiro atoms. The quantitative estimate of drug-likeness (QED) is 0.176. The van der Waals surface area contributed by atoms with Crippen LogP contribution < -0.4 is 15.7 Å². The third-order valence-corrected chi connectivity index (χ3v) is 7.14. The number of halogens is 3. The summed E-state index contributed by atoms with van der Waals surface area (Å²) in [5, 5.41) is 23.5. The van der Waals surface area contributed by atoms with E-state index in [0.717, 1.165) is 42.7 Å². The van der Waals surface area contributed by atoms with Crippen molar-refractivity contribution in [2.75, 3.05) is 45.1 Å². The summed E-state index contributed by atoms with van der Waals surface area (Å²) in [6.45, 7) is 3.75. The van der Waals surface area contributed by atoms with Crippen molar-refractivity contribution in [2.24, 2.45) is 0 Å². The van der Waals surface area contributed by atoms with Crippen LogP contribution in [0.5, 0.6) is 0 Å². The van der Waals surface area contributed by atoms with Gasteiger partial charge in [0.15, 0.2) is 0 Å². The Morgan fingerprint density at radius 2 is 2.00 bits per heavy atom. The number of ether oxygens (including phenoxy) is 1. The van der Waals surface area contributed by atoms with Crippen molar-refractivity contribution in [3.8, 4) is 11.3 Å². The van der Waals surface area contributed by atoms with Crippen LogP contribution in [0.15, 0.2) is 42.9 Å². The second-order valence-electron chi connectivity index (χ2n) is 10.1. The maximum absolute atomic E-state index is 15.6. The molecule has 0 atom stereocenters. The van der Waals surface area contributed by atoms with E-state index < -0.39 is 29.2 Å². The topological polar surface area (TPSA) is 144 Å². The third-order valence-electron chi connectivity index (χ3n) is 7.14. The summed E-state index contributed by atoms with van der Waals surface area (Å²) in [7, 11) is 0. The first-order valence-electron chi connectivity index (χ1n) is 13.2. The van der Waals surface area contributed by atoms with Gasteiger partial charge in [-0.05, 0) is 25.0 Å². The summed E-state index contributed by atoms with van der Waals surface area (Å²) in [6.07, 6.45) is 6.59. The third kappa shape index (κ3) is 5.37. The van der Waals surface area contributed by atoms with E-state index in [9.17, 15) is 4.79 Å². The number of carbonyl (C=O) groups excluding carboxylic acids is 1. The molecule has 6 rings (SSSR count). The molecule has 1 aromatic carbocycles. The van der Waals surface area contributed by atoms with Crippen LogP contribution in [0, 0.1) is 11.2 Å².